The summed E-state index contributed by atoms with van der Waals surface area (Å²) in [5, 5.41) is 20.4. The van der Waals surface area contributed by atoms with Crippen LogP contribution in [0, 0.1) is 34.6 Å². The molecule has 12 heteroatoms. The second-order valence-electron chi connectivity index (χ2n) is 32.2. The highest BCUT2D eigenvalue weighted by Gasteiger charge is 2.31. The standard InChI is InChI=1S/C35H42O2P2.2C32H36O2P2/c1-25-16-15-21-31(39(27-17-11-9-12-18-27)28-19-13-10-14-20-28)33(25)38-30-23-26(34(2,3)4)22-29(35(5,6)7)32(30)37-24-36-8;1-23-20-27(32(3,4)5)30(34-22-33-6)28(21-23)35-31-24(2)14-13-19-29(31)36(25-15-9-7-10-16-25)26-17-11-8-12-18-26;1-23-14-13-19-29(36(26-15-9-7-10-16-26)27-17-11-8-12-18-27)31(23)35-28-21-25(32(3,4)5)20-24(2)30(28)34-22-33-6/h9-23,38H,24H2,1-8H3;2*7-21,35H,22H2,1-6H3. The Morgan fingerprint density at radius 2 is 0.523 bits per heavy atom. The Morgan fingerprint density at radius 3 is 0.802 bits per heavy atom. The summed E-state index contributed by atoms with van der Waals surface area (Å²) >= 11 is 0. The van der Waals surface area contributed by atoms with Gasteiger partial charge >= 0.3 is 0 Å². The summed E-state index contributed by atoms with van der Waals surface area (Å²) in [6, 6.07) is 100.0. The topological polar surface area (TPSA) is 55.4 Å². The maximum atomic E-state index is 6.38. The van der Waals surface area contributed by atoms with E-state index in [0.717, 1.165) is 22.8 Å². The summed E-state index contributed by atoms with van der Waals surface area (Å²) in [6.07, 6.45) is 0. The number of hydrogen-bond acceptors (Lipinski definition) is 6. The van der Waals surface area contributed by atoms with E-state index in [4.69, 9.17) is 28.4 Å². The fourth-order valence-electron chi connectivity index (χ4n) is 13.4. The van der Waals surface area contributed by atoms with E-state index >= 15 is 0 Å². The van der Waals surface area contributed by atoms with E-state index in [0.29, 0.717) is 25.7 Å². The molecule has 0 aromatic heterocycles. The second-order valence-corrected chi connectivity index (χ2v) is 42.6. The molecule has 12 aromatic rings. The van der Waals surface area contributed by atoms with Crippen LogP contribution in [0.15, 0.2) is 273 Å². The van der Waals surface area contributed by atoms with Gasteiger partial charge in [0.05, 0.1) is 0 Å². The molecule has 0 radical (unpaired) electrons. The first kappa shape index (κ1) is 85.9. The van der Waals surface area contributed by atoms with Crippen molar-refractivity contribution in [3.63, 3.8) is 0 Å². The van der Waals surface area contributed by atoms with Gasteiger partial charge in [0.25, 0.3) is 0 Å². The van der Waals surface area contributed by atoms with E-state index in [1.165, 1.54) is 124 Å². The van der Waals surface area contributed by atoms with Gasteiger partial charge in [-0.1, -0.05) is 364 Å². The number of rotatable bonds is 24. The first-order valence-electron chi connectivity index (χ1n) is 38.2. The Balaban J connectivity index is 0.000000177. The molecule has 0 bridgehead atoms. The Morgan fingerprint density at radius 1 is 0.261 bits per heavy atom. The smallest absolute Gasteiger partial charge is 0.188 e. The number of aryl methyl sites for hydroxylation is 5. The van der Waals surface area contributed by atoms with E-state index < -0.39 is 23.8 Å². The van der Waals surface area contributed by atoms with Crippen LogP contribution in [0.3, 0.4) is 0 Å². The minimum absolute atomic E-state index is 0.0221. The van der Waals surface area contributed by atoms with Crippen molar-refractivity contribution in [3.8, 4) is 17.2 Å². The summed E-state index contributed by atoms with van der Waals surface area (Å²) in [5.74, 6) is 2.88. The zero-order valence-corrected chi connectivity index (χ0v) is 74.6. The molecule has 12 rings (SSSR count). The number of ether oxygens (including phenoxy) is 6. The fourth-order valence-corrected chi connectivity index (χ4v) is 26.3. The lowest BCUT2D eigenvalue weighted by Crippen LogP contribution is -2.32. The van der Waals surface area contributed by atoms with Crippen LogP contribution in [-0.2, 0) is 35.9 Å². The van der Waals surface area contributed by atoms with Gasteiger partial charge in [0.2, 0.25) is 0 Å². The van der Waals surface area contributed by atoms with Crippen molar-refractivity contribution in [2.45, 2.75) is 139 Å². The average Bonchev–Trinajstić information content (AvgIpc) is 0.758. The van der Waals surface area contributed by atoms with Gasteiger partial charge < -0.3 is 28.4 Å². The summed E-state index contributed by atoms with van der Waals surface area (Å²) in [5.41, 5.74) is 11.5. The third-order valence-electron chi connectivity index (χ3n) is 19.2. The highest BCUT2D eigenvalue weighted by atomic mass is 31.1. The molecule has 0 heterocycles. The molecular formula is C99H114O6P6. The molecule has 0 aliphatic carbocycles. The molecule has 0 aliphatic rings. The van der Waals surface area contributed by atoms with E-state index in [1.807, 2.05) is 0 Å². The van der Waals surface area contributed by atoms with Crippen LogP contribution in [0.25, 0.3) is 0 Å². The molecule has 0 spiro atoms. The lowest BCUT2D eigenvalue weighted by molar-refractivity contribution is 0.0504. The molecule has 0 saturated heterocycles. The fraction of sp³-hybridized carbons (Fsp3) is 0.273. The van der Waals surface area contributed by atoms with Gasteiger partial charge in [-0.2, -0.15) is 0 Å². The van der Waals surface area contributed by atoms with Crippen molar-refractivity contribution in [1.82, 2.24) is 0 Å². The Kier molecular flexibility index (Phi) is 30.6. The molecule has 6 nitrogen and oxygen atoms in total. The van der Waals surface area contributed by atoms with Crippen LogP contribution < -0.4 is 93.8 Å². The lowest BCUT2D eigenvalue weighted by Gasteiger charge is -2.30. The minimum Gasteiger partial charge on any atom is -0.467 e. The van der Waals surface area contributed by atoms with Gasteiger partial charge in [-0.05, 0) is 201 Å². The van der Waals surface area contributed by atoms with E-state index in [-0.39, 0.29) is 42.0 Å². The zero-order chi connectivity index (χ0) is 79.6. The summed E-state index contributed by atoms with van der Waals surface area (Å²) in [6.45, 7) is 39.0. The minimum atomic E-state index is -0.719. The van der Waals surface area contributed by atoms with Crippen LogP contribution >= 0.6 is 49.5 Å². The molecular weight excluding hydrogens is 1470 g/mol. The SMILES string of the molecule is COCOc1c(C)cc(C(C)(C)C)cc1Pc1c(C)cccc1P(c1ccccc1)c1ccccc1.COCOc1c(Pc2c(C)cccc2P(c2ccccc2)c2ccccc2)cc(C(C)(C)C)cc1C(C)(C)C.COCOc1c(Pc2c(C)cccc2P(c2ccccc2)c2ccccc2)cc(C)cc1C(C)(C)C. The molecule has 3 unspecified atom stereocenters. The Bertz CT molecular complexity index is 4720. The molecule has 0 fully saturated rings. The molecule has 3 atom stereocenters. The Labute approximate surface area is 674 Å². The van der Waals surface area contributed by atoms with E-state index in [2.05, 4.69) is 391 Å². The molecule has 0 amide bonds. The highest BCUT2D eigenvalue weighted by molar-refractivity contribution is 7.82. The Hall–Kier alpha value is -7.50. The van der Waals surface area contributed by atoms with Gasteiger partial charge in [-0.25, -0.2) is 0 Å². The van der Waals surface area contributed by atoms with Crippen LogP contribution in [0.2, 0.25) is 0 Å². The zero-order valence-electron chi connectivity index (χ0n) is 68.9. The van der Waals surface area contributed by atoms with Crippen molar-refractivity contribution in [2.24, 2.45) is 0 Å². The number of methoxy groups -OCH3 is 3. The monoisotopic (exact) mass is 1580 g/mol. The van der Waals surface area contributed by atoms with Gasteiger partial charge in [-0.3, -0.25) is 0 Å². The van der Waals surface area contributed by atoms with Gasteiger partial charge in [0, 0.05) is 48.4 Å². The lowest BCUT2D eigenvalue weighted by atomic mass is 9.80. The van der Waals surface area contributed by atoms with Crippen LogP contribution in [-0.4, -0.2) is 41.7 Å². The molecule has 0 aliphatic heterocycles. The third kappa shape index (κ3) is 22.5. The maximum Gasteiger partial charge on any atom is 0.188 e. The van der Waals surface area contributed by atoms with Crippen molar-refractivity contribution in [2.75, 3.05) is 41.7 Å². The van der Waals surface area contributed by atoms with Crippen molar-refractivity contribution in [3.05, 3.63) is 323 Å². The third-order valence-corrected chi connectivity index (χ3v) is 32.0. The first-order valence-corrected chi connectivity index (χ1v) is 45.3. The predicted molar refractivity (Wildman–Crippen MR) is 494 cm³/mol. The summed E-state index contributed by atoms with van der Waals surface area (Å²) in [4.78, 5) is 0. The summed E-state index contributed by atoms with van der Waals surface area (Å²) < 4.78 is 34.8. The van der Waals surface area contributed by atoms with Gasteiger partial charge in [0.1, 0.15) is 17.2 Å². The van der Waals surface area contributed by atoms with E-state index in [1.54, 1.807) is 21.3 Å². The quantitative estimate of drug-likeness (QED) is 0.0444. The molecule has 576 valence electrons. The molecule has 0 saturated carbocycles. The van der Waals surface area contributed by atoms with Crippen molar-refractivity contribution < 1.29 is 28.4 Å². The molecule has 111 heavy (non-hydrogen) atoms. The summed E-state index contributed by atoms with van der Waals surface area (Å²) in [7, 11) is 4.33. The highest BCUT2D eigenvalue weighted by Crippen LogP contribution is 2.43. The second kappa shape index (κ2) is 39.5. The van der Waals surface area contributed by atoms with Crippen LogP contribution in [0.1, 0.15) is 133 Å². The maximum absolute atomic E-state index is 6.38. The van der Waals surface area contributed by atoms with Crippen molar-refractivity contribution >= 4 is 129 Å². The molecule has 12 aromatic carbocycles. The van der Waals surface area contributed by atoms with Gasteiger partial charge in [-0.15, -0.1) is 0 Å². The largest absolute Gasteiger partial charge is 0.467 e. The van der Waals surface area contributed by atoms with Crippen molar-refractivity contribution in [1.29, 1.82) is 0 Å². The molecule has 0 N–H and O–H groups in total. The van der Waals surface area contributed by atoms with E-state index in [9.17, 15) is 0 Å². The van der Waals surface area contributed by atoms with Crippen LogP contribution in [0.5, 0.6) is 17.2 Å². The van der Waals surface area contributed by atoms with Crippen LogP contribution in [0.4, 0.5) is 0 Å². The predicted octanol–water partition coefficient (Wildman–Crippen LogP) is 18.9. The van der Waals surface area contributed by atoms with Gasteiger partial charge in [0.15, 0.2) is 20.4 Å². The number of hydrogen-bond donors (Lipinski definition) is 0. The average molecular weight is 1590 g/mol. The number of benzene rings is 12. The first-order chi connectivity index (χ1) is 53.1. The normalized spacial score (nSPS) is 12.1.